The third kappa shape index (κ3) is 4.48. The van der Waals surface area contributed by atoms with E-state index in [9.17, 15) is 4.79 Å². The van der Waals surface area contributed by atoms with Gasteiger partial charge in [0.05, 0.1) is 22.8 Å². The van der Waals surface area contributed by atoms with Crippen molar-refractivity contribution in [2.75, 3.05) is 13.1 Å². The molecule has 0 bridgehead atoms. The minimum atomic E-state index is 0.0828. The SMILES string of the molecule is Cc1oc(-c2ccccc2)nc1CC(=O)N1CCC(c2nc(C(C)(C)C)cs2)CC1. The van der Waals surface area contributed by atoms with E-state index in [1.807, 2.05) is 42.2 Å². The molecule has 0 spiro atoms. The summed E-state index contributed by atoms with van der Waals surface area (Å²) in [5.74, 6) is 1.87. The summed E-state index contributed by atoms with van der Waals surface area (Å²) in [4.78, 5) is 24.3. The van der Waals surface area contributed by atoms with Crippen LogP contribution in [0, 0.1) is 6.92 Å². The second-order valence-corrected chi connectivity index (χ2v) is 9.93. The Morgan fingerprint density at radius 1 is 1.17 bits per heavy atom. The molecule has 0 N–H and O–H groups in total. The Bertz CT molecular complexity index is 1010. The maximum absolute atomic E-state index is 12.9. The first kappa shape index (κ1) is 20.8. The van der Waals surface area contributed by atoms with Crippen LogP contribution in [0.5, 0.6) is 0 Å². The van der Waals surface area contributed by atoms with Crippen LogP contribution in [0.2, 0.25) is 0 Å². The van der Waals surface area contributed by atoms with Gasteiger partial charge >= 0.3 is 0 Å². The van der Waals surface area contributed by atoms with Crippen LogP contribution < -0.4 is 0 Å². The molecule has 3 aromatic rings. The molecule has 1 saturated heterocycles. The lowest BCUT2D eigenvalue weighted by Crippen LogP contribution is -2.39. The highest BCUT2D eigenvalue weighted by molar-refractivity contribution is 7.09. The van der Waals surface area contributed by atoms with Crippen LogP contribution >= 0.6 is 11.3 Å². The van der Waals surface area contributed by atoms with Gasteiger partial charge in [0.15, 0.2) is 0 Å². The van der Waals surface area contributed by atoms with Gasteiger partial charge < -0.3 is 9.32 Å². The summed E-state index contributed by atoms with van der Waals surface area (Å²) in [6.07, 6.45) is 2.23. The van der Waals surface area contributed by atoms with Crippen LogP contribution in [-0.2, 0) is 16.6 Å². The van der Waals surface area contributed by atoms with Gasteiger partial charge in [-0.1, -0.05) is 39.0 Å². The van der Waals surface area contributed by atoms with Crippen LogP contribution in [0.1, 0.15) is 61.7 Å². The molecule has 1 aromatic carbocycles. The Hall–Kier alpha value is -2.47. The lowest BCUT2D eigenvalue weighted by Gasteiger charge is -2.31. The van der Waals surface area contributed by atoms with Gasteiger partial charge in [-0.3, -0.25) is 4.79 Å². The molecule has 0 radical (unpaired) electrons. The third-order valence-electron chi connectivity index (χ3n) is 5.72. The highest BCUT2D eigenvalue weighted by Crippen LogP contribution is 2.33. The predicted molar refractivity (Wildman–Crippen MR) is 120 cm³/mol. The first-order valence-electron chi connectivity index (χ1n) is 10.6. The van der Waals surface area contributed by atoms with E-state index in [1.54, 1.807) is 11.3 Å². The number of nitrogens with zero attached hydrogens (tertiary/aromatic N) is 3. The Balaban J connectivity index is 1.36. The number of oxazole rings is 1. The minimum absolute atomic E-state index is 0.0828. The maximum atomic E-state index is 12.9. The summed E-state index contributed by atoms with van der Waals surface area (Å²) in [5, 5.41) is 3.40. The van der Waals surface area contributed by atoms with Gasteiger partial charge in [-0.15, -0.1) is 11.3 Å². The van der Waals surface area contributed by atoms with Crippen LogP contribution in [0.25, 0.3) is 11.5 Å². The number of carbonyl (C=O) groups is 1. The summed E-state index contributed by atoms with van der Waals surface area (Å²) in [6.45, 7) is 10.0. The molecule has 1 aliphatic rings. The molecule has 1 fully saturated rings. The van der Waals surface area contributed by atoms with Crippen molar-refractivity contribution in [2.45, 2.75) is 58.3 Å². The van der Waals surface area contributed by atoms with E-state index in [0.717, 1.165) is 48.6 Å². The Kier molecular flexibility index (Phi) is 5.78. The van der Waals surface area contributed by atoms with E-state index < -0.39 is 0 Å². The fraction of sp³-hybridized carbons (Fsp3) is 0.458. The highest BCUT2D eigenvalue weighted by Gasteiger charge is 2.28. The van der Waals surface area contributed by atoms with Crippen molar-refractivity contribution in [2.24, 2.45) is 0 Å². The maximum Gasteiger partial charge on any atom is 0.228 e. The number of thiazole rings is 1. The van der Waals surface area contributed by atoms with E-state index in [0.29, 0.717) is 11.8 Å². The summed E-state index contributed by atoms with van der Waals surface area (Å²) < 4.78 is 5.80. The number of amides is 1. The average molecular weight is 424 g/mol. The highest BCUT2D eigenvalue weighted by atomic mass is 32.1. The molecule has 0 atom stereocenters. The molecule has 3 heterocycles. The predicted octanol–water partition coefficient (Wildman–Crippen LogP) is 5.35. The topological polar surface area (TPSA) is 59.2 Å². The molecule has 158 valence electrons. The van der Waals surface area contributed by atoms with Crippen molar-refractivity contribution in [3.8, 4) is 11.5 Å². The van der Waals surface area contributed by atoms with Gasteiger partial charge in [0.2, 0.25) is 11.8 Å². The van der Waals surface area contributed by atoms with E-state index in [4.69, 9.17) is 9.40 Å². The number of hydrogen-bond acceptors (Lipinski definition) is 5. The number of hydrogen-bond donors (Lipinski definition) is 0. The number of likely N-dealkylation sites (tertiary alicyclic amines) is 1. The van der Waals surface area contributed by atoms with E-state index in [-0.39, 0.29) is 17.7 Å². The van der Waals surface area contributed by atoms with Crippen molar-refractivity contribution >= 4 is 17.2 Å². The lowest BCUT2D eigenvalue weighted by molar-refractivity contribution is -0.131. The number of piperidine rings is 1. The van der Waals surface area contributed by atoms with Gasteiger partial charge in [-0.25, -0.2) is 9.97 Å². The molecule has 0 saturated carbocycles. The average Bonchev–Trinajstić information content (AvgIpc) is 3.36. The van der Waals surface area contributed by atoms with Gasteiger partial charge in [0.25, 0.3) is 0 Å². The van der Waals surface area contributed by atoms with Gasteiger partial charge in [-0.05, 0) is 31.9 Å². The summed E-state index contributed by atoms with van der Waals surface area (Å²) >= 11 is 1.76. The quantitative estimate of drug-likeness (QED) is 0.567. The van der Waals surface area contributed by atoms with Crippen LogP contribution in [-0.4, -0.2) is 33.9 Å². The largest absolute Gasteiger partial charge is 0.441 e. The molecule has 5 nitrogen and oxygen atoms in total. The second kappa shape index (κ2) is 8.34. The molecule has 1 aliphatic heterocycles. The third-order valence-corrected chi connectivity index (χ3v) is 6.73. The number of carbonyl (C=O) groups excluding carboxylic acids is 1. The van der Waals surface area contributed by atoms with E-state index >= 15 is 0 Å². The van der Waals surface area contributed by atoms with E-state index in [2.05, 4.69) is 31.1 Å². The van der Waals surface area contributed by atoms with E-state index in [1.165, 1.54) is 5.01 Å². The standard InChI is InChI=1S/C24H29N3O2S/c1-16-19(25-22(29-16)17-8-6-5-7-9-17)14-21(28)27-12-10-18(11-13-27)23-26-20(15-30-23)24(2,3)4/h5-9,15,18H,10-14H2,1-4H3. The zero-order valence-electron chi connectivity index (χ0n) is 18.1. The molecule has 2 aromatic heterocycles. The van der Waals surface area contributed by atoms with Crippen molar-refractivity contribution in [3.63, 3.8) is 0 Å². The molecule has 4 rings (SSSR count). The van der Waals surface area contributed by atoms with Crippen molar-refractivity contribution in [1.82, 2.24) is 14.9 Å². The zero-order valence-corrected chi connectivity index (χ0v) is 19.0. The number of benzene rings is 1. The molecular formula is C24H29N3O2S. The Morgan fingerprint density at radius 3 is 2.50 bits per heavy atom. The first-order chi connectivity index (χ1) is 14.3. The summed E-state index contributed by atoms with van der Waals surface area (Å²) in [5.41, 5.74) is 2.91. The summed E-state index contributed by atoms with van der Waals surface area (Å²) in [7, 11) is 0. The van der Waals surface area contributed by atoms with Gasteiger partial charge in [-0.2, -0.15) is 0 Å². The van der Waals surface area contributed by atoms with Crippen LogP contribution in [0.15, 0.2) is 40.1 Å². The molecule has 0 aliphatic carbocycles. The molecule has 0 unspecified atom stereocenters. The fourth-order valence-electron chi connectivity index (χ4n) is 3.75. The first-order valence-corrected chi connectivity index (χ1v) is 11.4. The van der Waals surface area contributed by atoms with Crippen LogP contribution in [0.3, 0.4) is 0 Å². The van der Waals surface area contributed by atoms with Gasteiger partial charge in [0.1, 0.15) is 5.76 Å². The lowest BCUT2D eigenvalue weighted by atomic mass is 9.93. The number of rotatable bonds is 4. The fourth-order valence-corrected chi connectivity index (χ4v) is 4.96. The van der Waals surface area contributed by atoms with Gasteiger partial charge in [0, 0.05) is 35.4 Å². The van der Waals surface area contributed by atoms with Crippen molar-refractivity contribution < 1.29 is 9.21 Å². The van der Waals surface area contributed by atoms with Crippen molar-refractivity contribution in [3.05, 3.63) is 57.9 Å². The molecular weight excluding hydrogens is 394 g/mol. The number of aryl methyl sites for hydroxylation is 1. The minimum Gasteiger partial charge on any atom is -0.441 e. The Labute approximate surface area is 182 Å². The normalized spacial score (nSPS) is 15.5. The smallest absolute Gasteiger partial charge is 0.228 e. The molecule has 6 heteroatoms. The zero-order chi connectivity index (χ0) is 21.3. The summed E-state index contributed by atoms with van der Waals surface area (Å²) in [6, 6.07) is 9.80. The monoisotopic (exact) mass is 423 g/mol. The number of aromatic nitrogens is 2. The molecule has 1 amide bonds. The second-order valence-electron chi connectivity index (χ2n) is 9.04. The van der Waals surface area contributed by atoms with Crippen molar-refractivity contribution in [1.29, 1.82) is 0 Å². The molecule has 30 heavy (non-hydrogen) atoms. The van der Waals surface area contributed by atoms with Crippen LogP contribution in [0.4, 0.5) is 0 Å². The Morgan fingerprint density at radius 2 is 1.87 bits per heavy atom.